The van der Waals surface area contributed by atoms with Crippen LogP contribution in [0.5, 0.6) is 11.5 Å². The molecule has 0 saturated carbocycles. The Morgan fingerprint density at radius 3 is 1.57 bits per heavy atom. The molecule has 0 radical (unpaired) electrons. The number of hydrogen-bond donors (Lipinski definition) is 4. The highest BCUT2D eigenvalue weighted by Crippen LogP contribution is 2.46. The van der Waals surface area contributed by atoms with E-state index in [4.69, 9.17) is 29.9 Å². The van der Waals surface area contributed by atoms with Gasteiger partial charge < -0.3 is 29.9 Å². The number of carbonyl (C=O) groups is 2. The SMILES string of the molecule is CC(c1ccc(OCCO)c(Br)c1)(c1ccc(OCCO)c(Br)c1)C(C/C=C/C(=O)O)C/C=C/C(=O)O. The van der Waals surface area contributed by atoms with Crippen LogP contribution in [-0.4, -0.2) is 58.8 Å². The lowest BCUT2D eigenvalue weighted by Gasteiger charge is -2.39. The van der Waals surface area contributed by atoms with Crippen molar-refractivity contribution in [3.63, 3.8) is 0 Å². The second-order valence-electron chi connectivity index (χ2n) is 8.29. The average molecular weight is 642 g/mol. The maximum Gasteiger partial charge on any atom is 0.327 e. The van der Waals surface area contributed by atoms with Crippen LogP contribution in [0.25, 0.3) is 0 Å². The highest BCUT2D eigenvalue weighted by molar-refractivity contribution is 9.10. The number of hydrogen-bond acceptors (Lipinski definition) is 6. The zero-order chi connectivity index (χ0) is 27.4. The van der Waals surface area contributed by atoms with E-state index in [0.29, 0.717) is 33.3 Å². The number of halogens is 2. The molecule has 0 aromatic heterocycles. The molecule has 0 atom stereocenters. The zero-order valence-electron chi connectivity index (χ0n) is 20.3. The van der Waals surface area contributed by atoms with Crippen molar-refractivity contribution in [1.29, 1.82) is 0 Å². The summed E-state index contributed by atoms with van der Waals surface area (Å²) in [4.78, 5) is 22.3. The van der Waals surface area contributed by atoms with Crippen LogP contribution in [0, 0.1) is 5.92 Å². The molecule has 2 rings (SSSR count). The van der Waals surface area contributed by atoms with Crippen molar-refractivity contribution in [2.24, 2.45) is 5.92 Å². The van der Waals surface area contributed by atoms with Gasteiger partial charge in [0.1, 0.15) is 24.7 Å². The number of benzene rings is 2. The summed E-state index contributed by atoms with van der Waals surface area (Å²) in [5.74, 6) is -1.26. The van der Waals surface area contributed by atoms with Gasteiger partial charge in [-0.1, -0.05) is 31.2 Å². The van der Waals surface area contributed by atoms with Crippen molar-refractivity contribution in [3.05, 3.63) is 80.8 Å². The highest BCUT2D eigenvalue weighted by Gasteiger charge is 2.37. The number of aliphatic hydroxyl groups excluding tert-OH is 2. The molecular formula is C27H30Br2O8. The second kappa shape index (κ2) is 14.9. The monoisotopic (exact) mass is 640 g/mol. The minimum absolute atomic E-state index is 0.126. The molecule has 0 saturated heterocycles. The van der Waals surface area contributed by atoms with Gasteiger partial charge in [-0.05, 0) is 86.0 Å². The molecule has 10 heteroatoms. The molecular weight excluding hydrogens is 612 g/mol. The lowest BCUT2D eigenvalue weighted by molar-refractivity contribution is -0.132. The topological polar surface area (TPSA) is 134 Å². The van der Waals surface area contributed by atoms with E-state index in [-0.39, 0.29) is 32.3 Å². The first-order valence-electron chi connectivity index (χ1n) is 11.5. The Hall–Kier alpha value is -2.66. The van der Waals surface area contributed by atoms with E-state index in [1.54, 1.807) is 24.3 Å². The van der Waals surface area contributed by atoms with Crippen molar-refractivity contribution in [2.75, 3.05) is 26.4 Å². The molecule has 0 heterocycles. The predicted molar refractivity (Wildman–Crippen MR) is 146 cm³/mol. The van der Waals surface area contributed by atoms with Gasteiger partial charge in [0.25, 0.3) is 0 Å². The summed E-state index contributed by atoms with van der Waals surface area (Å²) >= 11 is 7.09. The second-order valence-corrected chi connectivity index (χ2v) is 10.00. The minimum atomic E-state index is -1.07. The van der Waals surface area contributed by atoms with Gasteiger partial charge in [0.2, 0.25) is 0 Å². The Morgan fingerprint density at radius 1 is 0.838 bits per heavy atom. The quantitative estimate of drug-likeness (QED) is 0.201. The summed E-state index contributed by atoms with van der Waals surface area (Å²) in [6, 6.07) is 11.2. The third kappa shape index (κ3) is 8.70. The Labute approximate surface area is 232 Å². The van der Waals surface area contributed by atoms with Crippen LogP contribution >= 0.6 is 31.9 Å². The first-order chi connectivity index (χ1) is 17.6. The van der Waals surface area contributed by atoms with Gasteiger partial charge in [-0.3, -0.25) is 0 Å². The van der Waals surface area contributed by atoms with Gasteiger partial charge >= 0.3 is 11.9 Å². The molecule has 0 bridgehead atoms. The van der Waals surface area contributed by atoms with Gasteiger partial charge in [-0.25, -0.2) is 9.59 Å². The molecule has 2 aromatic rings. The summed E-state index contributed by atoms with van der Waals surface area (Å²) < 4.78 is 12.5. The van der Waals surface area contributed by atoms with Crippen LogP contribution in [0.1, 0.15) is 30.9 Å². The van der Waals surface area contributed by atoms with E-state index < -0.39 is 17.4 Å². The first-order valence-corrected chi connectivity index (χ1v) is 13.1. The third-order valence-electron chi connectivity index (χ3n) is 5.94. The van der Waals surface area contributed by atoms with Crippen LogP contribution in [0.4, 0.5) is 0 Å². The highest BCUT2D eigenvalue weighted by atomic mass is 79.9. The smallest absolute Gasteiger partial charge is 0.327 e. The molecule has 0 amide bonds. The maximum absolute atomic E-state index is 11.2. The number of carboxylic acids is 2. The van der Waals surface area contributed by atoms with Crippen molar-refractivity contribution in [3.8, 4) is 11.5 Å². The number of rotatable bonds is 15. The molecule has 8 nitrogen and oxygen atoms in total. The largest absolute Gasteiger partial charge is 0.490 e. The molecule has 0 aliphatic rings. The Balaban J connectivity index is 2.68. The molecule has 37 heavy (non-hydrogen) atoms. The number of aliphatic hydroxyl groups is 2. The van der Waals surface area contributed by atoms with Crippen molar-refractivity contribution in [1.82, 2.24) is 0 Å². The molecule has 2 aromatic carbocycles. The van der Waals surface area contributed by atoms with E-state index in [9.17, 15) is 9.59 Å². The molecule has 0 unspecified atom stereocenters. The third-order valence-corrected chi connectivity index (χ3v) is 7.18. The summed E-state index contributed by atoms with van der Waals surface area (Å²) in [5.41, 5.74) is 1.04. The fourth-order valence-corrected chi connectivity index (χ4v) is 5.05. The van der Waals surface area contributed by atoms with Crippen molar-refractivity contribution < 1.29 is 39.5 Å². The molecule has 0 aliphatic carbocycles. The van der Waals surface area contributed by atoms with Gasteiger partial charge in [0.15, 0.2) is 0 Å². The summed E-state index contributed by atoms with van der Waals surface area (Å²) in [6.45, 7) is 2.05. The van der Waals surface area contributed by atoms with E-state index in [2.05, 4.69) is 31.9 Å². The Morgan fingerprint density at radius 2 is 1.24 bits per heavy atom. The first kappa shape index (κ1) is 30.6. The standard InChI is InChI=1S/C27H30Br2O8/c1-27(19-8-10-23(21(28)16-19)36-14-12-30,20-9-11-24(22(29)17-20)37-15-13-31)18(4-2-6-25(32)33)5-3-7-26(34)35/h2-3,6-11,16-18,30-31H,4-5,12-15H2,1H3,(H,32,33)(H,34,35)/b6-2+,7-3+. The molecule has 0 spiro atoms. The number of ether oxygens (including phenoxy) is 2. The van der Waals surface area contributed by atoms with E-state index in [1.165, 1.54) is 0 Å². The fourth-order valence-electron chi connectivity index (χ4n) is 4.07. The van der Waals surface area contributed by atoms with Gasteiger partial charge in [0.05, 0.1) is 22.2 Å². The van der Waals surface area contributed by atoms with E-state index >= 15 is 0 Å². The van der Waals surface area contributed by atoms with E-state index in [0.717, 1.165) is 23.3 Å². The molecule has 0 aliphatic heterocycles. The lowest BCUT2D eigenvalue weighted by Crippen LogP contribution is -2.33. The van der Waals surface area contributed by atoms with Gasteiger partial charge in [-0.2, -0.15) is 0 Å². The molecule has 4 N–H and O–H groups in total. The molecule has 0 fully saturated rings. The van der Waals surface area contributed by atoms with Crippen molar-refractivity contribution in [2.45, 2.75) is 25.2 Å². The van der Waals surface area contributed by atoms with Crippen molar-refractivity contribution >= 4 is 43.8 Å². The fraction of sp³-hybridized carbons (Fsp3) is 0.333. The van der Waals surface area contributed by atoms with Crippen LogP contribution in [0.2, 0.25) is 0 Å². The van der Waals surface area contributed by atoms with Gasteiger partial charge in [0, 0.05) is 17.6 Å². The average Bonchev–Trinajstić information content (AvgIpc) is 2.85. The van der Waals surface area contributed by atoms with Crippen LogP contribution in [-0.2, 0) is 15.0 Å². The zero-order valence-corrected chi connectivity index (χ0v) is 23.4. The lowest BCUT2D eigenvalue weighted by atomic mass is 9.65. The number of aliphatic carboxylic acids is 2. The summed E-state index contributed by atoms with van der Waals surface area (Å²) in [7, 11) is 0. The van der Waals surface area contributed by atoms with Crippen LogP contribution in [0.3, 0.4) is 0 Å². The molecule has 200 valence electrons. The Bertz CT molecular complexity index is 1050. The number of carboxylic acid groups (broad SMARTS) is 2. The van der Waals surface area contributed by atoms with Gasteiger partial charge in [-0.15, -0.1) is 0 Å². The van der Waals surface area contributed by atoms with Crippen LogP contribution < -0.4 is 9.47 Å². The van der Waals surface area contributed by atoms with E-state index in [1.807, 2.05) is 31.2 Å². The minimum Gasteiger partial charge on any atom is -0.490 e. The summed E-state index contributed by atoms with van der Waals surface area (Å²) in [6.07, 6.45) is 6.01. The van der Waals surface area contributed by atoms with Crippen LogP contribution in [0.15, 0.2) is 69.6 Å². The Kier molecular flexibility index (Phi) is 12.3. The normalized spacial score (nSPS) is 11.9. The number of allylic oxidation sites excluding steroid dienone is 2. The summed E-state index contributed by atoms with van der Waals surface area (Å²) in [5, 5.41) is 36.5. The predicted octanol–water partition coefficient (Wildman–Crippen LogP) is 4.94. The maximum atomic E-state index is 11.2.